The summed E-state index contributed by atoms with van der Waals surface area (Å²) in [6.07, 6.45) is -0.397. The van der Waals surface area contributed by atoms with E-state index in [0.717, 1.165) is 0 Å². The summed E-state index contributed by atoms with van der Waals surface area (Å²) in [6, 6.07) is 3.11. The Hall–Kier alpha value is -1.85. The van der Waals surface area contributed by atoms with Crippen LogP contribution in [0, 0.1) is 0 Å². The van der Waals surface area contributed by atoms with Crippen LogP contribution in [0.5, 0.6) is 0 Å². The lowest BCUT2D eigenvalue weighted by molar-refractivity contribution is -0.132. The molecule has 10 heteroatoms. The van der Waals surface area contributed by atoms with Gasteiger partial charge in [-0.05, 0) is 12.1 Å². The smallest absolute Gasteiger partial charge is 0.158 e. The van der Waals surface area contributed by atoms with Crippen LogP contribution in [0.1, 0.15) is 5.69 Å². The molecule has 0 unspecified atom stereocenters. The lowest BCUT2D eigenvalue weighted by atomic mass is 9.86. The third-order valence-corrected chi connectivity index (χ3v) is 4.01. The summed E-state index contributed by atoms with van der Waals surface area (Å²) in [5, 5.41) is 25.3. The van der Waals surface area contributed by atoms with Crippen molar-refractivity contribution in [3.63, 3.8) is 0 Å². The average molecular weight is 313 g/mol. The monoisotopic (exact) mass is 313 g/mol. The first-order valence-electron chi connectivity index (χ1n) is 6.49. The Balaban J connectivity index is 2.08. The quantitative estimate of drug-likeness (QED) is 0.499. The molecule has 22 heavy (non-hydrogen) atoms. The number of nitrogens with zero attached hydrogens (tertiary/aromatic N) is 3. The van der Waals surface area contributed by atoms with E-state index in [9.17, 15) is 14.6 Å². The fourth-order valence-corrected chi connectivity index (χ4v) is 2.75. The van der Waals surface area contributed by atoms with Crippen LogP contribution < -0.4 is 11.6 Å². The molecule has 0 aromatic carbocycles. The molecule has 0 spiro atoms. The van der Waals surface area contributed by atoms with Gasteiger partial charge in [0.15, 0.2) is 17.0 Å². The van der Waals surface area contributed by atoms with Gasteiger partial charge in [-0.3, -0.25) is 0 Å². The predicted octanol–water partition coefficient (Wildman–Crippen LogP) is -1.51. The van der Waals surface area contributed by atoms with E-state index < -0.39 is 30.6 Å². The van der Waals surface area contributed by atoms with Crippen LogP contribution >= 0.6 is 0 Å². The first-order chi connectivity index (χ1) is 10.5. The summed E-state index contributed by atoms with van der Waals surface area (Å²) < 4.78 is 20.0. The molecule has 3 rings (SSSR count). The number of fused-ring (bicyclic) bond motifs is 1. The molecule has 2 aromatic heterocycles. The Bertz CT molecular complexity index is 697. The van der Waals surface area contributed by atoms with Gasteiger partial charge in [0.05, 0.1) is 12.3 Å². The number of ether oxygens (including phenoxy) is 1. The van der Waals surface area contributed by atoms with Crippen LogP contribution in [-0.2, 0) is 15.2 Å². The number of aliphatic hydroxyl groups is 2. The molecule has 120 valence electrons. The third kappa shape index (κ3) is 1.89. The number of nitrogens with two attached hydrogens (primary N) is 2. The number of aromatic nitrogens is 3. The third-order valence-electron chi connectivity index (χ3n) is 4.01. The molecule has 3 atom stereocenters. The number of rotatable bonds is 4. The Labute approximate surface area is 124 Å². The van der Waals surface area contributed by atoms with E-state index in [1.807, 2.05) is 0 Å². The number of aliphatic hydroxyl groups excluding tert-OH is 1. The number of anilines is 1. The van der Waals surface area contributed by atoms with E-state index in [1.54, 1.807) is 6.07 Å². The summed E-state index contributed by atoms with van der Waals surface area (Å²) in [4.78, 5) is 8.26. The molecule has 1 saturated heterocycles. The van der Waals surface area contributed by atoms with Crippen LogP contribution in [0.3, 0.4) is 0 Å². The fraction of sp³-hybridized carbons (Fsp3) is 0.500. The normalized spacial score (nSPS) is 31.9. The van der Waals surface area contributed by atoms with Gasteiger partial charge < -0.3 is 25.5 Å². The summed E-state index contributed by atoms with van der Waals surface area (Å²) in [6.45, 7) is -1.83. The van der Waals surface area contributed by atoms with E-state index in [1.165, 1.54) is 16.9 Å². The largest absolute Gasteiger partial charge is 0.386 e. The minimum absolute atomic E-state index is 0.205. The highest BCUT2D eigenvalue weighted by Gasteiger charge is 2.60. The second-order valence-corrected chi connectivity index (χ2v) is 5.29. The van der Waals surface area contributed by atoms with Gasteiger partial charge >= 0.3 is 0 Å². The van der Waals surface area contributed by atoms with Crippen molar-refractivity contribution in [2.45, 2.75) is 17.3 Å². The van der Waals surface area contributed by atoms with Gasteiger partial charge in [0.1, 0.15) is 31.2 Å². The van der Waals surface area contributed by atoms with Crippen LogP contribution in [0.4, 0.5) is 10.2 Å². The van der Waals surface area contributed by atoms with Gasteiger partial charge in [0, 0.05) is 0 Å². The van der Waals surface area contributed by atoms with E-state index >= 15 is 0 Å². The van der Waals surface area contributed by atoms with Crippen molar-refractivity contribution in [1.82, 2.24) is 14.6 Å². The maximum atomic E-state index is 13.4. The van der Waals surface area contributed by atoms with Gasteiger partial charge in [-0.15, -0.1) is 0 Å². The zero-order valence-electron chi connectivity index (χ0n) is 11.5. The Morgan fingerprint density at radius 1 is 1.55 bits per heavy atom. The molecule has 0 radical (unpaired) electrons. The number of alkyl halides is 1. The molecule has 2 aromatic rings. The van der Waals surface area contributed by atoms with E-state index in [-0.39, 0.29) is 18.1 Å². The SMILES string of the molecule is NOC[C@@]1(CF)OC[C@@](O)(c2ccc3c(N)ncnn23)[C@@H]1O. The zero-order valence-corrected chi connectivity index (χ0v) is 11.5. The molecule has 1 fully saturated rings. The van der Waals surface area contributed by atoms with Crippen LogP contribution in [-0.4, -0.2) is 56.4 Å². The number of hydrogen-bond acceptors (Lipinski definition) is 8. The number of nitrogen functional groups attached to an aromatic ring is 1. The molecule has 0 amide bonds. The Kier molecular flexibility index (Phi) is 3.50. The standard InChI is InChI=1S/C12H16FN5O4/c13-3-11(4-22-15)10(19)12(20,5-21-11)8-2-1-7-9(14)16-6-17-18(7)8/h1-2,6,10,19-20H,3-5,15H2,(H2,14,16,17)/t10-,11-,12-/m1/s1. The van der Waals surface area contributed by atoms with Gasteiger partial charge in [-0.2, -0.15) is 5.10 Å². The van der Waals surface area contributed by atoms with Crippen molar-refractivity contribution in [2.24, 2.45) is 5.90 Å². The van der Waals surface area contributed by atoms with Crippen molar-refractivity contribution in [2.75, 3.05) is 25.6 Å². The zero-order chi connectivity index (χ0) is 16.0. The molecule has 0 saturated carbocycles. The Morgan fingerprint density at radius 3 is 3.00 bits per heavy atom. The molecule has 3 heterocycles. The molecule has 0 aliphatic carbocycles. The summed E-state index contributed by atoms with van der Waals surface area (Å²) in [5.74, 6) is 5.18. The van der Waals surface area contributed by atoms with Crippen LogP contribution in [0.25, 0.3) is 5.52 Å². The minimum Gasteiger partial charge on any atom is -0.386 e. The average Bonchev–Trinajstić information content (AvgIpc) is 3.05. The second-order valence-electron chi connectivity index (χ2n) is 5.29. The van der Waals surface area contributed by atoms with Gasteiger partial charge in [0.25, 0.3) is 0 Å². The van der Waals surface area contributed by atoms with Gasteiger partial charge in [-0.1, -0.05) is 0 Å². The van der Waals surface area contributed by atoms with E-state index in [4.69, 9.17) is 16.4 Å². The van der Waals surface area contributed by atoms with Crippen LogP contribution in [0.2, 0.25) is 0 Å². The predicted molar refractivity (Wildman–Crippen MR) is 72.1 cm³/mol. The molecule has 0 bridgehead atoms. The summed E-state index contributed by atoms with van der Waals surface area (Å²) in [7, 11) is 0. The molecule has 9 nitrogen and oxygen atoms in total. The van der Waals surface area contributed by atoms with Gasteiger partial charge in [-0.25, -0.2) is 19.8 Å². The maximum Gasteiger partial charge on any atom is 0.158 e. The number of hydrogen-bond donors (Lipinski definition) is 4. The molecule has 6 N–H and O–H groups in total. The first-order valence-corrected chi connectivity index (χ1v) is 6.49. The second kappa shape index (κ2) is 5.11. The van der Waals surface area contributed by atoms with Crippen LogP contribution in [0.15, 0.2) is 18.5 Å². The van der Waals surface area contributed by atoms with E-state index in [0.29, 0.717) is 5.52 Å². The molecular formula is C12H16FN5O4. The highest BCUT2D eigenvalue weighted by Crippen LogP contribution is 2.41. The lowest BCUT2D eigenvalue weighted by Gasteiger charge is -2.31. The van der Waals surface area contributed by atoms with Crippen molar-refractivity contribution in [3.05, 3.63) is 24.2 Å². The Morgan fingerprint density at radius 2 is 2.32 bits per heavy atom. The first kappa shape index (κ1) is 15.1. The van der Waals surface area contributed by atoms with Crippen molar-refractivity contribution in [1.29, 1.82) is 0 Å². The molecule has 1 aliphatic heterocycles. The minimum atomic E-state index is -1.89. The molecule has 1 aliphatic rings. The fourth-order valence-electron chi connectivity index (χ4n) is 2.75. The highest BCUT2D eigenvalue weighted by molar-refractivity contribution is 5.65. The lowest BCUT2D eigenvalue weighted by Crippen LogP contribution is -2.53. The number of halogens is 1. The topological polar surface area (TPSA) is 141 Å². The van der Waals surface area contributed by atoms with Crippen molar-refractivity contribution >= 4 is 11.3 Å². The van der Waals surface area contributed by atoms with Gasteiger partial charge in [0.2, 0.25) is 0 Å². The maximum absolute atomic E-state index is 13.4. The highest BCUT2D eigenvalue weighted by atomic mass is 19.1. The van der Waals surface area contributed by atoms with Crippen molar-refractivity contribution in [3.8, 4) is 0 Å². The van der Waals surface area contributed by atoms with Crippen molar-refractivity contribution < 1.29 is 24.2 Å². The summed E-state index contributed by atoms with van der Waals surface area (Å²) >= 11 is 0. The molecular weight excluding hydrogens is 297 g/mol. The van der Waals surface area contributed by atoms with E-state index in [2.05, 4.69) is 14.9 Å². The summed E-state index contributed by atoms with van der Waals surface area (Å²) in [5.41, 5.74) is 2.75.